The van der Waals surface area contributed by atoms with E-state index in [0.717, 1.165) is 23.3 Å². The topological polar surface area (TPSA) is 37.4 Å². The van der Waals surface area contributed by atoms with E-state index in [-0.39, 0.29) is 11.8 Å². The Kier molecular flexibility index (Phi) is 5.53. The summed E-state index contributed by atoms with van der Waals surface area (Å²) in [5, 5.41) is 1.94. The Hall–Kier alpha value is -1.85. The summed E-state index contributed by atoms with van der Waals surface area (Å²) in [5.41, 5.74) is 1.72. The average Bonchev–Trinajstić information content (AvgIpc) is 3.20. The van der Waals surface area contributed by atoms with E-state index in [9.17, 15) is 9.59 Å². The number of rotatable bonds is 7. The summed E-state index contributed by atoms with van der Waals surface area (Å²) in [4.78, 5) is 28.4. The van der Waals surface area contributed by atoms with Gasteiger partial charge in [0.1, 0.15) is 0 Å². The molecule has 0 N–H and O–H groups in total. The molecule has 3 nitrogen and oxygen atoms in total. The van der Waals surface area contributed by atoms with Crippen molar-refractivity contribution in [2.75, 3.05) is 6.54 Å². The largest absolute Gasteiger partial charge is 0.274 e. The molecule has 0 saturated heterocycles. The maximum atomic E-state index is 12.8. The van der Waals surface area contributed by atoms with E-state index in [4.69, 9.17) is 0 Å². The van der Waals surface area contributed by atoms with E-state index in [0.29, 0.717) is 22.8 Å². The van der Waals surface area contributed by atoms with E-state index >= 15 is 0 Å². The molecule has 1 aromatic carbocycles. The van der Waals surface area contributed by atoms with Crippen LogP contribution in [0.2, 0.25) is 0 Å². The summed E-state index contributed by atoms with van der Waals surface area (Å²) in [6.07, 6.45) is 1.80. The number of benzene rings is 1. The van der Waals surface area contributed by atoms with Gasteiger partial charge in [-0.1, -0.05) is 49.7 Å². The van der Waals surface area contributed by atoms with Crippen LogP contribution in [0.5, 0.6) is 0 Å². The molecule has 24 heavy (non-hydrogen) atoms. The fourth-order valence-electron chi connectivity index (χ4n) is 2.57. The molecule has 0 fully saturated rings. The van der Waals surface area contributed by atoms with Crippen molar-refractivity contribution in [1.29, 1.82) is 0 Å². The van der Waals surface area contributed by atoms with Gasteiger partial charge in [-0.25, -0.2) is 0 Å². The van der Waals surface area contributed by atoms with Crippen LogP contribution < -0.4 is 0 Å². The number of amides is 2. The molecular weight excluding hydrogens is 338 g/mol. The summed E-state index contributed by atoms with van der Waals surface area (Å²) in [5.74, 6) is 0.398. The lowest BCUT2D eigenvalue weighted by Gasteiger charge is -2.14. The molecule has 1 aliphatic rings. The van der Waals surface area contributed by atoms with Gasteiger partial charge in [-0.15, -0.1) is 23.1 Å². The lowest BCUT2D eigenvalue weighted by atomic mass is 10.2. The fraction of sp³-hybridized carbons (Fsp3) is 0.263. The van der Waals surface area contributed by atoms with Crippen molar-refractivity contribution in [2.45, 2.75) is 25.5 Å². The highest BCUT2D eigenvalue weighted by atomic mass is 32.2. The number of imide groups is 1. The van der Waals surface area contributed by atoms with Crippen LogP contribution in [0.1, 0.15) is 30.2 Å². The molecule has 0 saturated carbocycles. The van der Waals surface area contributed by atoms with Crippen LogP contribution in [0.25, 0.3) is 5.57 Å². The predicted octanol–water partition coefficient (Wildman–Crippen LogP) is 4.56. The van der Waals surface area contributed by atoms with Gasteiger partial charge in [-0.3, -0.25) is 14.5 Å². The van der Waals surface area contributed by atoms with E-state index in [1.807, 2.05) is 47.8 Å². The van der Waals surface area contributed by atoms with Gasteiger partial charge in [0.2, 0.25) is 0 Å². The van der Waals surface area contributed by atoms with Crippen LogP contribution in [0.15, 0.2) is 52.7 Å². The van der Waals surface area contributed by atoms with Gasteiger partial charge in [0, 0.05) is 17.2 Å². The van der Waals surface area contributed by atoms with Crippen LogP contribution >= 0.6 is 23.1 Å². The lowest BCUT2D eigenvalue weighted by Crippen LogP contribution is -2.32. The molecule has 2 heterocycles. The van der Waals surface area contributed by atoms with Crippen molar-refractivity contribution in [3.63, 3.8) is 0 Å². The third-order valence-electron chi connectivity index (χ3n) is 3.85. The van der Waals surface area contributed by atoms with Crippen LogP contribution in [0.4, 0.5) is 0 Å². The van der Waals surface area contributed by atoms with Crippen LogP contribution in [0, 0.1) is 0 Å². The van der Waals surface area contributed by atoms with Crippen LogP contribution in [-0.2, 0) is 15.3 Å². The van der Waals surface area contributed by atoms with Crippen molar-refractivity contribution in [1.82, 2.24) is 4.90 Å². The number of thioether (sulfide) groups is 1. The van der Waals surface area contributed by atoms with Gasteiger partial charge in [0.25, 0.3) is 11.8 Å². The van der Waals surface area contributed by atoms with Gasteiger partial charge in [0.15, 0.2) is 0 Å². The molecule has 2 amide bonds. The van der Waals surface area contributed by atoms with Crippen molar-refractivity contribution in [2.24, 2.45) is 0 Å². The number of hydrogen-bond donors (Lipinski definition) is 0. The first kappa shape index (κ1) is 17.0. The Morgan fingerprint density at radius 1 is 1.04 bits per heavy atom. The molecule has 0 spiro atoms. The number of hydrogen-bond acceptors (Lipinski definition) is 4. The molecule has 2 aromatic rings. The molecule has 3 rings (SSSR count). The second-order valence-electron chi connectivity index (χ2n) is 5.57. The second-order valence-corrected chi connectivity index (χ2v) is 7.50. The normalized spacial score (nSPS) is 14.8. The van der Waals surface area contributed by atoms with E-state index < -0.39 is 0 Å². The molecule has 124 valence electrons. The summed E-state index contributed by atoms with van der Waals surface area (Å²) in [7, 11) is 0. The molecule has 1 aromatic heterocycles. The first-order valence-electron chi connectivity index (χ1n) is 8.03. The Morgan fingerprint density at radius 2 is 1.83 bits per heavy atom. The van der Waals surface area contributed by atoms with E-state index in [1.165, 1.54) is 28.0 Å². The molecule has 0 radical (unpaired) electrons. The number of carbonyl (C=O) groups is 2. The average molecular weight is 358 g/mol. The third-order valence-corrected chi connectivity index (χ3v) is 5.89. The lowest BCUT2D eigenvalue weighted by molar-refractivity contribution is -0.136. The minimum Gasteiger partial charge on any atom is -0.274 e. The second kappa shape index (κ2) is 7.81. The summed E-state index contributed by atoms with van der Waals surface area (Å²) in [6, 6.07) is 13.8. The number of thiophene rings is 1. The summed E-state index contributed by atoms with van der Waals surface area (Å²) in [6.45, 7) is 2.56. The number of unbranched alkanes of at least 4 members (excludes halogenated alkanes) is 1. The standard InChI is InChI=1S/C19H19NO2S2/c1-2-3-11-20-18(21)16(15-10-7-12-23-15)17(19(20)22)24-13-14-8-5-4-6-9-14/h4-10,12H,2-3,11,13H2,1H3. The Morgan fingerprint density at radius 3 is 2.50 bits per heavy atom. The van der Waals surface area contributed by atoms with Crippen LogP contribution in [-0.4, -0.2) is 23.3 Å². The van der Waals surface area contributed by atoms with Gasteiger partial charge in [-0.2, -0.15) is 0 Å². The number of carbonyl (C=O) groups excluding carboxylic acids is 2. The molecule has 0 atom stereocenters. The van der Waals surface area contributed by atoms with Gasteiger partial charge in [0.05, 0.1) is 10.5 Å². The number of nitrogens with zero attached hydrogens (tertiary/aromatic N) is 1. The first-order valence-corrected chi connectivity index (χ1v) is 9.90. The van der Waals surface area contributed by atoms with Gasteiger partial charge >= 0.3 is 0 Å². The van der Waals surface area contributed by atoms with E-state index in [2.05, 4.69) is 6.92 Å². The molecule has 0 bridgehead atoms. The van der Waals surface area contributed by atoms with Crippen molar-refractivity contribution >= 4 is 40.5 Å². The van der Waals surface area contributed by atoms with Crippen molar-refractivity contribution in [3.8, 4) is 0 Å². The van der Waals surface area contributed by atoms with Crippen molar-refractivity contribution in [3.05, 3.63) is 63.2 Å². The van der Waals surface area contributed by atoms with E-state index in [1.54, 1.807) is 0 Å². The summed E-state index contributed by atoms with van der Waals surface area (Å²) < 4.78 is 0. The Bertz CT molecular complexity index is 751. The zero-order chi connectivity index (χ0) is 16.9. The molecule has 1 aliphatic heterocycles. The SMILES string of the molecule is CCCCN1C(=O)C(SCc2ccccc2)=C(c2cccs2)C1=O. The predicted molar refractivity (Wildman–Crippen MR) is 101 cm³/mol. The molecule has 0 aliphatic carbocycles. The maximum Gasteiger partial charge on any atom is 0.268 e. The fourth-order valence-corrected chi connectivity index (χ4v) is 4.49. The summed E-state index contributed by atoms with van der Waals surface area (Å²) >= 11 is 2.97. The Balaban J connectivity index is 1.88. The Labute approximate surface area is 150 Å². The van der Waals surface area contributed by atoms with Crippen molar-refractivity contribution < 1.29 is 9.59 Å². The molecular formula is C19H19NO2S2. The minimum atomic E-state index is -0.147. The highest BCUT2D eigenvalue weighted by Crippen LogP contribution is 2.39. The van der Waals surface area contributed by atoms with Crippen LogP contribution in [0.3, 0.4) is 0 Å². The highest BCUT2D eigenvalue weighted by molar-refractivity contribution is 8.03. The quantitative estimate of drug-likeness (QED) is 0.682. The third kappa shape index (κ3) is 3.47. The molecule has 5 heteroatoms. The minimum absolute atomic E-state index is 0.141. The first-order chi connectivity index (χ1) is 11.7. The highest BCUT2D eigenvalue weighted by Gasteiger charge is 2.39. The van der Waals surface area contributed by atoms with Gasteiger partial charge in [-0.05, 0) is 23.4 Å². The van der Waals surface area contributed by atoms with Gasteiger partial charge < -0.3 is 0 Å². The maximum absolute atomic E-state index is 12.8. The molecule has 0 unspecified atom stereocenters. The zero-order valence-corrected chi connectivity index (χ0v) is 15.2. The monoisotopic (exact) mass is 357 g/mol. The smallest absolute Gasteiger partial charge is 0.268 e. The zero-order valence-electron chi connectivity index (χ0n) is 13.5.